The monoisotopic (exact) mass is 468 g/mol. The van der Waals surface area contributed by atoms with Crippen molar-refractivity contribution in [1.82, 2.24) is 0 Å². The van der Waals surface area contributed by atoms with E-state index in [9.17, 15) is 19.5 Å². The van der Waals surface area contributed by atoms with Crippen LogP contribution in [-0.4, -0.2) is 22.6 Å². The number of ketones is 2. The van der Waals surface area contributed by atoms with Crippen molar-refractivity contribution in [1.29, 1.82) is 0 Å². The first-order valence-corrected chi connectivity index (χ1v) is 13.6. The van der Waals surface area contributed by atoms with E-state index in [2.05, 4.69) is 41.5 Å². The molecule has 5 rings (SSSR count). The van der Waals surface area contributed by atoms with Crippen LogP contribution in [-0.2, 0) is 14.4 Å². The van der Waals surface area contributed by atoms with E-state index in [1.807, 2.05) is 13.0 Å². The number of carboxylic acid groups (broad SMARTS) is 1. The molecule has 5 aliphatic rings. The van der Waals surface area contributed by atoms with Gasteiger partial charge >= 0.3 is 5.97 Å². The highest BCUT2D eigenvalue weighted by molar-refractivity contribution is 5.96. The molecule has 0 spiro atoms. The molecular weight excluding hydrogens is 424 g/mol. The number of hydrogen-bond donors (Lipinski definition) is 1. The van der Waals surface area contributed by atoms with E-state index in [0.717, 1.165) is 44.9 Å². The highest BCUT2D eigenvalue weighted by atomic mass is 16.4. The summed E-state index contributed by atoms with van der Waals surface area (Å²) in [5, 5.41) is 10.0. The number of aliphatic carboxylic acids is 1. The van der Waals surface area contributed by atoms with Crippen molar-refractivity contribution in [2.45, 2.75) is 106 Å². The maximum atomic E-state index is 14.2. The van der Waals surface area contributed by atoms with Gasteiger partial charge in [0.05, 0.1) is 5.41 Å². The quantitative estimate of drug-likeness (QED) is 0.469. The standard InChI is InChI=1S/C30H44O4/c1-25(2)21-8-11-30(7)23(28(21,5)10-9-22(25)32)20(31)16-18-19-17-27(4,24(33)34)13-12-26(19,3)14-15-29(18,30)6/h16,19,21,23H,8-15,17H2,1-7H3,(H,33,34)/t19-,21?,23-,26-,27+,28+,29-,30-/m1/s1. The van der Waals surface area contributed by atoms with Gasteiger partial charge in [0.15, 0.2) is 5.78 Å². The minimum atomic E-state index is -0.721. The van der Waals surface area contributed by atoms with Gasteiger partial charge in [0.2, 0.25) is 0 Å². The molecule has 4 saturated carbocycles. The van der Waals surface area contributed by atoms with Crippen LogP contribution in [0.3, 0.4) is 0 Å². The van der Waals surface area contributed by atoms with Gasteiger partial charge in [0.1, 0.15) is 5.78 Å². The lowest BCUT2D eigenvalue weighted by Crippen LogP contribution is -2.66. The van der Waals surface area contributed by atoms with Crippen molar-refractivity contribution >= 4 is 17.5 Å². The van der Waals surface area contributed by atoms with Crippen LogP contribution in [0.1, 0.15) is 106 Å². The molecule has 0 heterocycles. The fourth-order valence-corrected chi connectivity index (χ4v) is 10.2. The second kappa shape index (κ2) is 6.85. The number of carbonyl (C=O) groups excluding carboxylic acids is 2. The molecule has 0 saturated heterocycles. The first kappa shape index (κ1) is 24.3. The molecule has 1 unspecified atom stereocenters. The van der Waals surface area contributed by atoms with Crippen LogP contribution in [0.15, 0.2) is 11.6 Å². The van der Waals surface area contributed by atoms with E-state index < -0.39 is 11.4 Å². The van der Waals surface area contributed by atoms with Gasteiger partial charge < -0.3 is 5.11 Å². The van der Waals surface area contributed by atoms with Crippen molar-refractivity contribution in [3.63, 3.8) is 0 Å². The smallest absolute Gasteiger partial charge is 0.309 e. The molecule has 5 aliphatic carbocycles. The van der Waals surface area contributed by atoms with Gasteiger partial charge in [-0.25, -0.2) is 0 Å². The second-order valence-corrected chi connectivity index (χ2v) is 14.7. The Morgan fingerprint density at radius 3 is 2.21 bits per heavy atom. The lowest BCUT2D eigenvalue weighted by atomic mass is 9.33. The molecule has 0 aromatic heterocycles. The maximum Gasteiger partial charge on any atom is 0.309 e. The number of fused-ring (bicyclic) bond motifs is 7. The van der Waals surface area contributed by atoms with Crippen molar-refractivity contribution in [3.8, 4) is 0 Å². The van der Waals surface area contributed by atoms with Crippen molar-refractivity contribution in [2.24, 2.45) is 50.2 Å². The molecule has 0 aliphatic heterocycles. The number of carbonyl (C=O) groups is 3. The summed E-state index contributed by atoms with van der Waals surface area (Å²) in [6.45, 7) is 15.5. The molecule has 4 nitrogen and oxygen atoms in total. The molecule has 0 amide bonds. The topological polar surface area (TPSA) is 71.4 Å². The van der Waals surface area contributed by atoms with E-state index in [-0.39, 0.29) is 50.6 Å². The molecule has 1 N–H and O–H groups in total. The van der Waals surface area contributed by atoms with Crippen LogP contribution in [0.25, 0.3) is 0 Å². The fraction of sp³-hybridized carbons (Fsp3) is 0.833. The zero-order chi connectivity index (χ0) is 25.1. The molecule has 8 atom stereocenters. The minimum absolute atomic E-state index is 0.0707. The zero-order valence-corrected chi connectivity index (χ0v) is 22.3. The Kier molecular flexibility index (Phi) is 4.89. The molecule has 0 aromatic carbocycles. The first-order chi connectivity index (χ1) is 15.6. The van der Waals surface area contributed by atoms with Gasteiger partial charge in [-0.15, -0.1) is 0 Å². The first-order valence-electron chi connectivity index (χ1n) is 13.6. The molecule has 4 fully saturated rings. The van der Waals surface area contributed by atoms with Crippen LogP contribution in [0.5, 0.6) is 0 Å². The van der Waals surface area contributed by atoms with Gasteiger partial charge in [0, 0.05) is 17.8 Å². The molecule has 0 aromatic rings. The lowest BCUT2D eigenvalue weighted by molar-refractivity contribution is -0.188. The summed E-state index contributed by atoms with van der Waals surface area (Å²) < 4.78 is 0. The Morgan fingerprint density at radius 1 is 0.912 bits per heavy atom. The third kappa shape index (κ3) is 2.75. The zero-order valence-electron chi connectivity index (χ0n) is 22.3. The second-order valence-electron chi connectivity index (χ2n) is 14.7. The number of Topliss-reactive ketones (excluding diaryl/α,β-unsaturated/α-hetero) is 1. The number of carboxylic acids is 1. The largest absolute Gasteiger partial charge is 0.481 e. The van der Waals surface area contributed by atoms with E-state index in [1.165, 1.54) is 5.57 Å². The van der Waals surface area contributed by atoms with Gasteiger partial charge in [-0.1, -0.05) is 47.1 Å². The Bertz CT molecular complexity index is 1010. The normalized spacial score (nSPS) is 52.0. The average molecular weight is 469 g/mol. The van der Waals surface area contributed by atoms with Crippen LogP contribution in [0.4, 0.5) is 0 Å². The molecular formula is C30H44O4. The molecule has 188 valence electrons. The van der Waals surface area contributed by atoms with Gasteiger partial charge in [-0.05, 0) is 97.9 Å². The Labute approximate surface area is 205 Å². The van der Waals surface area contributed by atoms with Crippen LogP contribution >= 0.6 is 0 Å². The van der Waals surface area contributed by atoms with Gasteiger partial charge in [0.25, 0.3) is 0 Å². The minimum Gasteiger partial charge on any atom is -0.481 e. The lowest BCUT2D eigenvalue weighted by Gasteiger charge is -2.69. The fourth-order valence-electron chi connectivity index (χ4n) is 10.2. The third-order valence-electron chi connectivity index (χ3n) is 12.8. The number of hydrogen-bond acceptors (Lipinski definition) is 3. The summed E-state index contributed by atoms with van der Waals surface area (Å²) in [5.41, 5.74) is -0.205. The van der Waals surface area contributed by atoms with E-state index in [1.54, 1.807) is 0 Å². The highest BCUT2D eigenvalue weighted by Gasteiger charge is 2.70. The predicted octanol–water partition coefficient (Wildman–Crippen LogP) is 6.62. The summed E-state index contributed by atoms with van der Waals surface area (Å²) in [5.74, 6) is 0.222. The van der Waals surface area contributed by atoms with Crippen molar-refractivity contribution in [2.75, 3.05) is 0 Å². The summed E-state index contributed by atoms with van der Waals surface area (Å²) in [6, 6.07) is 0. The Hall–Kier alpha value is -1.45. The molecule has 4 heteroatoms. The number of rotatable bonds is 1. The van der Waals surface area contributed by atoms with Crippen LogP contribution in [0, 0.1) is 50.2 Å². The van der Waals surface area contributed by atoms with Crippen LogP contribution < -0.4 is 0 Å². The van der Waals surface area contributed by atoms with Crippen LogP contribution in [0.2, 0.25) is 0 Å². The molecule has 0 radical (unpaired) electrons. The molecule has 34 heavy (non-hydrogen) atoms. The predicted molar refractivity (Wildman–Crippen MR) is 132 cm³/mol. The van der Waals surface area contributed by atoms with Gasteiger partial charge in [-0.2, -0.15) is 0 Å². The van der Waals surface area contributed by atoms with E-state index in [0.29, 0.717) is 18.6 Å². The summed E-state index contributed by atoms with van der Waals surface area (Å²) >= 11 is 0. The SMILES string of the molecule is CC1(C)C(=O)CC[C@@]2(C)C1CC[C@]1(C)[C@@H]2C(=O)C=C2[C@H]3C[C@@](C)(C(=O)O)CC[C@]3(C)CC[C@]21C. The van der Waals surface area contributed by atoms with E-state index >= 15 is 0 Å². The molecule has 0 bridgehead atoms. The van der Waals surface area contributed by atoms with Gasteiger partial charge in [-0.3, -0.25) is 14.4 Å². The maximum absolute atomic E-state index is 14.2. The van der Waals surface area contributed by atoms with Crippen molar-refractivity contribution in [3.05, 3.63) is 11.6 Å². The number of allylic oxidation sites excluding steroid dienone is 2. The summed E-state index contributed by atoms with van der Waals surface area (Å²) in [4.78, 5) is 39.3. The Balaban J connectivity index is 1.63. The third-order valence-corrected chi connectivity index (χ3v) is 12.8. The van der Waals surface area contributed by atoms with E-state index in [4.69, 9.17) is 0 Å². The highest BCUT2D eigenvalue weighted by Crippen LogP contribution is 2.74. The Morgan fingerprint density at radius 2 is 1.56 bits per heavy atom. The summed E-state index contributed by atoms with van der Waals surface area (Å²) in [6.07, 6.45) is 9.78. The summed E-state index contributed by atoms with van der Waals surface area (Å²) in [7, 11) is 0. The van der Waals surface area contributed by atoms with Crippen molar-refractivity contribution < 1.29 is 19.5 Å². The average Bonchev–Trinajstić information content (AvgIpc) is 2.73.